The molecule has 2 aliphatic rings. The van der Waals surface area contributed by atoms with Crippen molar-refractivity contribution in [1.82, 2.24) is 19.7 Å². The zero-order valence-corrected chi connectivity index (χ0v) is 16.3. The Morgan fingerprint density at radius 2 is 1.86 bits per heavy atom. The molecular formula is C19H26N4O5. The average molecular weight is 390 g/mol. The van der Waals surface area contributed by atoms with Gasteiger partial charge >= 0.3 is 12.0 Å². The predicted octanol–water partition coefficient (Wildman–Crippen LogP) is 0.500. The zero-order chi connectivity index (χ0) is 20.1. The number of amides is 3. The van der Waals surface area contributed by atoms with Crippen molar-refractivity contribution in [3.63, 3.8) is 0 Å². The molecule has 0 radical (unpaired) electrons. The highest BCUT2D eigenvalue weighted by molar-refractivity contribution is 6.08. The summed E-state index contributed by atoms with van der Waals surface area (Å²) in [5.41, 5.74) is 0.238. The number of hydrogen-bond donors (Lipinski definition) is 0. The topological polar surface area (TPSA) is 92.3 Å². The highest BCUT2D eigenvalue weighted by Gasteiger charge is 2.58. The van der Waals surface area contributed by atoms with Crippen LogP contribution in [0.2, 0.25) is 0 Å². The van der Waals surface area contributed by atoms with E-state index >= 15 is 0 Å². The molecule has 0 unspecified atom stereocenters. The summed E-state index contributed by atoms with van der Waals surface area (Å²) in [6.07, 6.45) is 4.56. The molecule has 9 heteroatoms. The van der Waals surface area contributed by atoms with E-state index in [1.54, 1.807) is 24.4 Å². The Hall–Kier alpha value is -2.52. The summed E-state index contributed by atoms with van der Waals surface area (Å²) in [7, 11) is 2.79. The number of aromatic nitrogens is 1. The number of imide groups is 1. The molecule has 1 spiro atoms. The number of hydrogen-bond acceptors (Lipinski definition) is 7. The lowest BCUT2D eigenvalue weighted by atomic mass is 9.85. The second-order valence-corrected chi connectivity index (χ2v) is 7.06. The summed E-state index contributed by atoms with van der Waals surface area (Å²) in [4.78, 5) is 46.6. The molecule has 0 atom stereocenters. The number of esters is 1. The van der Waals surface area contributed by atoms with Crippen molar-refractivity contribution in [2.24, 2.45) is 0 Å². The van der Waals surface area contributed by atoms with Crippen molar-refractivity contribution >= 4 is 17.9 Å². The minimum absolute atomic E-state index is 0.309. The maximum Gasteiger partial charge on any atom is 0.328 e. The first-order valence-electron chi connectivity index (χ1n) is 9.32. The highest BCUT2D eigenvalue weighted by Crippen LogP contribution is 2.37. The van der Waals surface area contributed by atoms with Crippen molar-refractivity contribution in [2.75, 3.05) is 47.0 Å². The fourth-order valence-electron chi connectivity index (χ4n) is 3.92. The van der Waals surface area contributed by atoms with Gasteiger partial charge in [0.05, 0.1) is 13.7 Å². The van der Waals surface area contributed by atoms with Gasteiger partial charge in [0.25, 0.3) is 5.91 Å². The van der Waals surface area contributed by atoms with Gasteiger partial charge in [-0.2, -0.15) is 0 Å². The summed E-state index contributed by atoms with van der Waals surface area (Å²) >= 11 is 0. The number of nitrogens with zero attached hydrogens (tertiary/aromatic N) is 4. The van der Waals surface area contributed by atoms with Gasteiger partial charge in [-0.15, -0.1) is 0 Å². The van der Waals surface area contributed by atoms with Gasteiger partial charge in [0, 0.05) is 45.7 Å². The molecular weight excluding hydrogens is 364 g/mol. The van der Waals surface area contributed by atoms with Crippen molar-refractivity contribution in [1.29, 1.82) is 0 Å². The maximum absolute atomic E-state index is 13.2. The largest absolute Gasteiger partial charge is 0.468 e. The molecule has 2 saturated heterocycles. The first-order chi connectivity index (χ1) is 13.5. The Kier molecular flexibility index (Phi) is 6.25. The van der Waals surface area contributed by atoms with Gasteiger partial charge in [-0.1, -0.05) is 0 Å². The lowest BCUT2D eigenvalue weighted by Crippen LogP contribution is -2.57. The van der Waals surface area contributed by atoms with Crippen LogP contribution in [0.15, 0.2) is 24.5 Å². The third kappa shape index (κ3) is 3.85. The number of rotatable bonds is 7. The molecule has 152 valence electrons. The normalized spacial score (nSPS) is 19.5. The summed E-state index contributed by atoms with van der Waals surface area (Å²) in [6.45, 7) is 2.40. The molecule has 2 fully saturated rings. The molecule has 3 heterocycles. The Bertz CT molecular complexity index is 718. The van der Waals surface area contributed by atoms with Crippen LogP contribution in [-0.2, 0) is 25.6 Å². The van der Waals surface area contributed by atoms with Crippen LogP contribution in [-0.4, -0.2) is 90.1 Å². The van der Waals surface area contributed by atoms with Crippen molar-refractivity contribution in [2.45, 2.75) is 24.9 Å². The third-order valence-electron chi connectivity index (χ3n) is 5.49. The highest BCUT2D eigenvalue weighted by atomic mass is 16.5. The minimum atomic E-state index is -0.918. The van der Waals surface area contributed by atoms with Crippen molar-refractivity contribution in [3.8, 4) is 0 Å². The summed E-state index contributed by atoms with van der Waals surface area (Å²) in [6, 6.07) is 3.49. The monoisotopic (exact) mass is 390 g/mol. The predicted molar refractivity (Wildman–Crippen MR) is 99.2 cm³/mol. The molecule has 0 bridgehead atoms. The van der Waals surface area contributed by atoms with Crippen LogP contribution in [0.1, 0.15) is 18.4 Å². The quantitative estimate of drug-likeness (QED) is 0.494. The number of carbonyl (C=O) groups is 3. The second kappa shape index (κ2) is 8.66. The van der Waals surface area contributed by atoms with Gasteiger partial charge in [-0.25, -0.2) is 4.79 Å². The molecule has 2 aliphatic heterocycles. The fraction of sp³-hybridized carbons (Fsp3) is 0.579. The van der Waals surface area contributed by atoms with Crippen LogP contribution < -0.4 is 0 Å². The van der Waals surface area contributed by atoms with Gasteiger partial charge in [0.15, 0.2) is 0 Å². The van der Waals surface area contributed by atoms with Gasteiger partial charge in [-0.05, 0) is 30.5 Å². The Morgan fingerprint density at radius 3 is 2.46 bits per heavy atom. The van der Waals surface area contributed by atoms with Crippen LogP contribution in [0.4, 0.5) is 4.79 Å². The van der Waals surface area contributed by atoms with Gasteiger partial charge < -0.3 is 14.4 Å². The van der Waals surface area contributed by atoms with Crippen LogP contribution >= 0.6 is 0 Å². The molecule has 3 rings (SSSR count). The van der Waals surface area contributed by atoms with E-state index in [2.05, 4.69) is 14.6 Å². The fourth-order valence-corrected chi connectivity index (χ4v) is 3.92. The second-order valence-electron chi connectivity index (χ2n) is 7.06. The lowest BCUT2D eigenvalue weighted by molar-refractivity contribution is -0.146. The molecule has 3 amide bonds. The van der Waals surface area contributed by atoms with Gasteiger partial charge in [0.2, 0.25) is 0 Å². The maximum atomic E-state index is 13.2. The van der Waals surface area contributed by atoms with E-state index < -0.39 is 17.5 Å². The van der Waals surface area contributed by atoms with Crippen LogP contribution in [0.5, 0.6) is 0 Å². The first kappa shape index (κ1) is 20.2. The molecule has 0 aromatic carbocycles. The standard InChI is InChI=1S/C19H26N4O5/c1-27-12-11-23-18(26)22(14-16(24)28-2)17(25)19(23)5-9-21(10-6-19)13-15-3-7-20-8-4-15/h3-4,7-8H,5-6,9-14H2,1-2H3. The number of urea groups is 1. The minimum Gasteiger partial charge on any atom is -0.468 e. The average Bonchev–Trinajstić information content (AvgIpc) is 2.90. The van der Waals surface area contributed by atoms with Crippen LogP contribution in [0, 0.1) is 0 Å². The molecule has 9 nitrogen and oxygen atoms in total. The van der Waals surface area contributed by atoms with E-state index in [0.717, 1.165) is 17.0 Å². The molecule has 0 saturated carbocycles. The van der Waals surface area contributed by atoms with E-state index in [9.17, 15) is 14.4 Å². The van der Waals surface area contributed by atoms with E-state index in [1.165, 1.54) is 7.11 Å². The smallest absolute Gasteiger partial charge is 0.328 e. The number of piperidine rings is 1. The van der Waals surface area contributed by atoms with Gasteiger partial charge in [-0.3, -0.25) is 24.4 Å². The molecule has 1 aromatic heterocycles. The SMILES string of the molecule is COCCN1C(=O)N(CC(=O)OC)C(=O)C12CCN(Cc1ccncc1)CC2. The first-order valence-corrected chi connectivity index (χ1v) is 9.32. The van der Waals surface area contributed by atoms with E-state index in [-0.39, 0.29) is 12.5 Å². The van der Waals surface area contributed by atoms with E-state index in [1.807, 2.05) is 12.1 Å². The summed E-state index contributed by atoms with van der Waals surface area (Å²) in [5, 5.41) is 0. The number of carbonyl (C=O) groups excluding carboxylic acids is 3. The number of methoxy groups -OCH3 is 2. The van der Waals surface area contributed by atoms with Gasteiger partial charge in [0.1, 0.15) is 12.1 Å². The molecule has 1 aromatic rings. The van der Waals surface area contributed by atoms with Crippen molar-refractivity contribution < 1.29 is 23.9 Å². The Balaban J connectivity index is 1.74. The molecule has 28 heavy (non-hydrogen) atoms. The third-order valence-corrected chi connectivity index (χ3v) is 5.49. The van der Waals surface area contributed by atoms with Crippen LogP contribution in [0.3, 0.4) is 0 Å². The number of ether oxygens (including phenoxy) is 2. The van der Waals surface area contributed by atoms with Crippen molar-refractivity contribution in [3.05, 3.63) is 30.1 Å². The Morgan fingerprint density at radius 1 is 1.18 bits per heavy atom. The summed E-state index contributed by atoms with van der Waals surface area (Å²) in [5.74, 6) is -0.928. The van der Waals surface area contributed by atoms with E-state index in [0.29, 0.717) is 39.1 Å². The number of likely N-dealkylation sites (tertiary alicyclic amines) is 1. The number of pyridine rings is 1. The molecule has 0 aliphatic carbocycles. The van der Waals surface area contributed by atoms with Crippen LogP contribution in [0.25, 0.3) is 0 Å². The lowest BCUT2D eigenvalue weighted by Gasteiger charge is -2.42. The summed E-state index contributed by atoms with van der Waals surface area (Å²) < 4.78 is 9.77. The zero-order valence-electron chi connectivity index (χ0n) is 16.3. The van der Waals surface area contributed by atoms with E-state index in [4.69, 9.17) is 4.74 Å². The Labute approximate surface area is 164 Å². The molecule has 0 N–H and O–H groups in total.